The number of rotatable bonds is 5. The lowest BCUT2D eigenvalue weighted by Crippen LogP contribution is -2.29. The Morgan fingerprint density at radius 2 is 1.71 bits per heavy atom. The zero-order valence-corrected chi connectivity index (χ0v) is 21.5. The number of thiazole rings is 1. The van der Waals surface area contributed by atoms with E-state index in [0.29, 0.717) is 40.8 Å². The van der Waals surface area contributed by atoms with E-state index in [1.165, 1.54) is 37.1 Å². The summed E-state index contributed by atoms with van der Waals surface area (Å²) >= 11 is 0.986. The van der Waals surface area contributed by atoms with Crippen LogP contribution in [0.5, 0.6) is 11.5 Å². The molecule has 1 unspecified atom stereocenters. The normalized spacial score (nSPS) is 18.0. The molecule has 1 amide bonds. The summed E-state index contributed by atoms with van der Waals surface area (Å²) in [5, 5.41) is 11.5. The maximum atomic E-state index is 13.4. The topological polar surface area (TPSA) is 132 Å². The van der Waals surface area contributed by atoms with Crippen LogP contribution >= 0.6 is 11.3 Å². The summed E-state index contributed by atoms with van der Waals surface area (Å²) in [7, 11) is 1.26. The number of aliphatic hydroxyl groups excluding tert-OH is 1. The van der Waals surface area contributed by atoms with Crippen molar-refractivity contribution in [1.82, 2.24) is 4.98 Å². The summed E-state index contributed by atoms with van der Waals surface area (Å²) in [4.78, 5) is 56.7. The van der Waals surface area contributed by atoms with Crippen LogP contribution in [0, 0.1) is 6.92 Å². The summed E-state index contributed by atoms with van der Waals surface area (Å²) in [6.45, 7) is 3.75. The molecular formula is C27H22N2O8S. The number of methoxy groups -OCH3 is 1. The standard InChI is InChI=1S/C27H22N2O8S/c1-13-24(14(2)30)38-27(28-13)29-21(15-4-6-16(7-5-15)26(34)35-3)20(23(32)25(29)33)22(31)17-8-9-18-19(12-17)37-11-10-36-18/h4-9,12,21,31H,10-11H2,1-3H3/b22-20-. The number of aliphatic hydroxyl groups is 1. The fourth-order valence-electron chi connectivity index (χ4n) is 4.42. The maximum absolute atomic E-state index is 13.4. The van der Waals surface area contributed by atoms with E-state index in [2.05, 4.69) is 4.98 Å². The van der Waals surface area contributed by atoms with Gasteiger partial charge in [-0.25, -0.2) is 9.78 Å². The molecule has 0 bridgehead atoms. The lowest BCUT2D eigenvalue weighted by molar-refractivity contribution is -0.132. The molecule has 2 aliphatic rings. The van der Waals surface area contributed by atoms with Gasteiger partial charge < -0.3 is 19.3 Å². The second-order valence-electron chi connectivity index (χ2n) is 8.61. The van der Waals surface area contributed by atoms with E-state index in [9.17, 15) is 24.3 Å². The highest BCUT2D eigenvalue weighted by Crippen LogP contribution is 2.44. The fourth-order valence-corrected chi connectivity index (χ4v) is 5.41. The van der Waals surface area contributed by atoms with Crippen molar-refractivity contribution in [2.45, 2.75) is 19.9 Å². The largest absolute Gasteiger partial charge is 0.507 e. The van der Waals surface area contributed by atoms with E-state index in [1.807, 2.05) is 0 Å². The molecule has 1 fully saturated rings. The van der Waals surface area contributed by atoms with Gasteiger partial charge in [-0.2, -0.15) is 0 Å². The molecule has 5 rings (SSSR count). The SMILES string of the molecule is COC(=O)c1ccc(C2/C(=C(/O)c3ccc4c(c3)OCCO4)C(=O)C(=O)N2c2nc(C)c(C(C)=O)s2)cc1. The van der Waals surface area contributed by atoms with Gasteiger partial charge in [0.15, 0.2) is 22.4 Å². The molecule has 3 heterocycles. The average molecular weight is 535 g/mol. The van der Waals surface area contributed by atoms with Gasteiger partial charge in [-0.05, 0) is 42.8 Å². The number of hydrogen-bond donors (Lipinski definition) is 1. The lowest BCUT2D eigenvalue weighted by atomic mass is 9.94. The first-order valence-electron chi connectivity index (χ1n) is 11.6. The van der Waals surface area contributed by atoms with Crippen LogP contribution in [0.25, 0.3) is 5.76 Å². The highest BCUT2D eigenvalue weighted by Gasteiger charge is 2.48. The van der Waals surface area contributed by atoms with Crippen molar-refractivity contribution in [1.29, 1.82) is 0 Å². The Balaban J connectivity index is 1.68. The number of fused-ring (bicyclic) bond motifs is 1. The molecule has 194 valence electrons. The molecule has 1 aromatic heterocycles. The monoisotopic (exact) mass is 534 g/mol. The predicted octanol–water partition coefficient (Wildman–Crippen LogP) is 3.84. The Morgan fingerprint density at radius 3 is 2.34 bits per heavy atom. The van der Waals surface area contributed by atoms with Crippen molar-refractivity contribution >= 4 is 45.7 Å². The molecule has 11 heteroatoms. The molecular weight excluding hydrogens is 512 g/mol. The number of nitrogens with zero attached hydrogens (tertiary/aromatic N) is 2. The van der Waals surface area contributed by atoms with E-state index >= 15 is 0 Å². The van der Waals surface area contributed by atoms with Crippen LogP contribution < -0.4 is 14.4 Å². The van der Waals surface area contributed by atoms with E-state index in [4.69, 9.17) is 14.2 Å². The number of carbonyl (C=O) groups is 4. The van der Waals surface area contributed by atoms with Gasteiger partial charge in [0.1, 0.15) is 19.0 Å². The van der Waals surface area contributed by atoms with E-state index < -0.39 is 29.5 Å². The third-order valence-electron chi connectivity index (χ3n) is 6.22. The number of aryl methyl sites for hydroxylation is 1. The first kappa shape index (κ1) is 25.2. The zero-order valence-electron chi connectivity index (χ0n) is 20.6. The molecule has 1 atom stereocenters. The van der Waals surface area contributed by atoms with Gasteiger partial charge in [-0.3, -0.25) is 19.3 Å². The minimum atomic E-state index is -1.08. The summed E-state index contributed by atoms with van der Waals surface area (Å²) in [6, 6.07) is 9.77. The minimum Gasteiger partial charge on any atom is -0.507 e. The van der Waals surface area contributed by atoms with Gasteiger partial charge >= 0.3 is 11.9 Å². The number of amides is 1. The zero-order chi connectivity index (χ0) is 27.1. The Morgan fingerprint density at radius 1 is 1.05 bits per heavy atom. The second-order valence-corrected chi connectivity index (χ2v) is 9.59. The molecule has 0 spiro atoms. The fraction of sp³-hybridized carbons (Fsp3) is 0.222. The Labute approximate surface area is 221 Å². The van der Waals surface area contributed by atoms with Gasteiger partial charge in [0, 0.05) is 12.5 Å². The van der Waals surface area contributed by atoms with Gasteiger partial charge in [0.25, 0.3) is 5.78 Å². The molecule has 38 heavy (non-hydrogen) atoms. The number of anilines is 1. The first-order chi connectivity index (χ1) is 18.2. The third kappa shape index (κ3) is 4.20. The van der Waals surface area contributed by atoms with Gasteiger partial charge in [-0.15, -0.1) is 0 Å². The third-order valence-corrected chi connectivity index (χ3v) is 7.48. The Kier molecular flexibility index (Phi) is 6.45. The molecule has 2 aliphatic heterocycles. The lowest BCUT2D eigenvalue weighted by Gasteiger charge is -2.23. The van der Waals surface area contributed by atoms with Crippen LogP contribution in [0.1, 0.15) is 49.8 Å². The van der Waals surface area contributed by atoms with E-state index in [1.54, 1.807) is 31.2 Å². The minimum absolute atomic E-state index is 0.137. The molecule has 3 aromatic rings. The number of ketones is 2. The van der Waals surface area contributed by atoms with Crippen LogP contribution in [0.4, 0.5) is 5.13 Å². The molecule has 0 aliphatic carbocycles. The average Bonchev–Trinajstić information content (AvgIpc) is 3.44. The summed E-state index contributed by atoms with van der Waals surface area (Å²) < 4.78 is 15.9. The van der Waals surface area contributed by atoms with Crippen molar-refractivity contribution in [2.75, 3.05) is 25.2 Å². The number of aromatic nitrogens is 1. The van der Waals surface area contributed by atoms with Crippen LogP contribution in [0.3, 0.4) is 0 Å². The number of Topliss-reactive ketones (excluding diaryl/α,β-unsaturated/α-hetero) is 2. The van der Waals surface area contributed by atoms with Crippen molar-refractivity contribution in [3.05, 3.63) is 75.3 Å². The maximum Gasteiger partial charge on any atom is 0.337 e. The molecule has 1 saturated heterocycles. The van der Waals surface area contributed by atoms with Crippen molar-refractivity contribution in [2.24, 2.45) is 0 Å². The van der Waals surface area contributed by atoms with Crippen LogP contribution in [-0.4, -0.2) is 53.9 Å². The number of esters is 1. The Hall–Kier alpha value is -4.51. The van der Waals surface area contributed by atoms with Crippen LogP contribution in [0.15, 0.2) is 48.0 Å². The van der Waals surface area contributed by atoms with Crippen molar-refractivity contribution < 1.29 is 38.5 Å². The molecule has 0 radical (unpaired) electrons. The molecule has 1 N–H and O–H groups in total. The van der Waals surface area contributed by atoms with Crippen molar-refractivity contribution in [3.63, 3.8) is 0 Å². The smallest absolute Gasteiger partial charge is 0.337 e. The summed E-state index contributed by atoms with van der Waals surface area (Å²) in [5.74, 6) is -2.12. The second kappa shape index (κ2) is 9.75. The Bertz CT molecular complexity index is 1520. The van der Waals surface area contributed by atoms with Gasteiger partial charge in [-0.1, -0.05) is 23.5 Å². The number of carbonyl (C=O) groups excluding carboxylic acids is 4. The number of hydrogen-bond acceptors (Lipinski definition) is 10. The van der Waals surface area contributed by atoms with E-state index in [0.717, 1.165) is 11.3 Å². The van der Waals surface area contributed by atoms with Crippen LogP contribution in [0.2, 0.25) is 0 Å². The van der Waals surface area contributed by atoms with Crippen LogP contribution in [-0.2, 0) is 14.3 Å². The van der Waals surface area contributed by atoms with Gasteiger partial charge in [0.05, 0.1) is 34.9 Å². The number of benzene rings is 2. The highest BCUT2D eigenvalue weighted by molar-refractivity contribution is 7.18. The van der Waals surface area contributed by atoms with Gasteiger partial charge in [0.2, 0.25) is 0 Å². The highest BCUT2D eigenvalue weighted by atomic mass is 32.1. The summed E-state index contributed by atoms with van der Waals surface area (Å²) in [6.07, 6.45) is 0. The molecule has 0 saturated carbocycles. The predicted molar refractivity (Wildman–Crippen MR) is 137 cm³/mol. The molecule has 10 nitrogen and oxygen atoms in total. The number of ether oxygens (including phenoxy) is 3. The van der Waals surface area contributed by atoms with E-state index in [-0.39, 0.29) is 27.6 Å². The van der Waals surface area contributed by atoms with Crippen molar-refractivity contribution in [3.8, 4) is 11.5 Å². The first-order valence-corrected chi connectivity index (χ1v) is 12.4. The molecule has 2 aromatic carbocycles. The quantitative estimate of drug-likeness (QED) is 0.170. The summed E-state index contributed by atoms with van der Waals surface area (Å²) in [5.41, 5.74) is 1.21.